The third kappa shape index (κ3) is 5.19. The first-order valence-electron chi connectivity index (χ1n) is 6.34. The van der Waals surface area contributed by atoms with Crippen LogP contribution in [0.2, 0.25) is 0 Å². The second-order valence-corrected chi connectivity index (χ2v) is 4.63. The van der Waals surface area contributed by atoms with Gasteiger partial charge in [-0.25, -0.2) is 0 Å². The summed E-state index contributed by atoms with van der Waals surface area (Å²) >= 11 is 0. The summed E-state index contributed by atoms with van der Waals surface area (Å²) in [6.07, 6.45) is 0.793. The normalized spacial score (nSPS) is 10.4. The fraction of sp³-hybridized carbons (Fsp3) is 0.500. The van der Waals surface area contributed by atoms with E-state index in [-0.39, 0.29) is 5.91 Å². The van der Waals surface area contributed by atoms with E-state index >= 15 is 0 Å². The van der Waals surface area contributed by atoms with Crippen molar-refractivity contribution in [1.82, 2.24) is 5.32 Å². The van der Waals surface area contributed by atoms with Gasteiger partial charge in [0.2, 0.25) is 0 Å². The summed E-state index contributed by atoms with van der Waals surface area (Å²) in [5.74, 6) is 1.21. The molecule has 100 valence electrons. The highest BCUT2D eigenvalue weighted by atomic mass is 16.5. The van der Waals surface area contributed by atoms with Crippen LogP contribution >= 0.6 is 0 Å². The number of hydrogen-bond donors (Lipinski definition) is 2. The number of nitrogens with one attached hydrogen (secondary N) is 1. The maximum atomic E-state index is 11.7. The summed E-state index contributed by atoms with van der Waals surface area (Å²) in [6.45, 7) is 6.07. The van der Waals surface area contributed by atoms with Crippen molar-refractivity contribution in [3.05, 3.63) is 29.8 Å². The van der Waals surface area contributed by atoms with Crippen molar-refractivity contribution in [2.45, 2.75) is 20.3 Å². The Balaban J connectivity index is 2.46. The summed E-state index contributed by atoms with van der Waals surface area (Å²) in [5, 5.41) is 2.81. The Morgan fingerprint density at radius 2 is 2.00 bits per heavy atom. The zero-order chi connectivity index (χ0) is 13.4. The van der Waals surface area contributed by atoms with Crippen LogP contribution in [-0.4, -0.2) is 25.6 Å². The molecule has 0 heterocycles. The van der Waals surface area contributed by atoms with Gasteiger partial charge < -0.3 is 15.8 Å². The van der Waals surface area contributed by atoms with Crippen molar-refractivity contribution in [2.75, 3.05) is 19.7 Å². The van der Waals surface area contributed by atoms with Crippen LogP contribution in [0.15, 0.2) is 24.3 Å². The van der Waals surface area contributed by atoms with E-state index in [0.29, 0.717) is 31.2 Å². The number of ether oxygens (including phenoxy) is 1. The van der Waals surface area contributed by atoms with Gasteiger partial charge in [0.1, 0.15) is 5.75 Å². The van der Waals surface area contributed by atoms with Gasteiger partial charge in [-0.2, -0.15) is 0 Å². The van der Waals surface area contributed by atoms with Crippen LogP contribution in [0.5, 0.6) is 5.75 Å². The lowest BCUT2D eigenvalue weighted by Gasteiger charge is -2.09. The largest absolute Gasteiger partial charge is 0.493 e. The summed E-state index contributed by atoms with van der Waals surface area (Å²) in [4.78, 5) is 11.7. The molecule has 1 rings (SSSR count). The molecule has 0 aliphatic heterocycles. The molecule has 0 saturated carbocycles. The second-order valence-electron chi connectivity index (χ2n) is 4.63. The molecule has 0 aromatic heterocycles. The monoisotopic (exact) mass is 250 g/mol. The lowest BCUT2D eigenvalue weighted by atomic mass is 10.2. The third-order valence-corrected chi connectivity index (χ3v) is 2.37. The molecule has 4 nitrogen and oxygen atoms in total. The van der Waals surface area contributed by atoms with Crippen molar-refractivity contribution in [3.63, 3.8) is 0 Å². The van der Waals surface area contributed by atoms with E-state index in [1.54, 1.807) is 12.1 Å². The molecule has 0 aliphatic carbocycles. The number of carbonyl (C=O) groups excluding carboxylic acids is 1. The first-order valence-corrected chi connectivity index (χ1v) is 6.34. The van der Waals surface area contributed by atoms with Gasteiger partial charge in [0, 0.05) is 12.1 Å². The highest BCUT2D eigenvalue weighted by Gasteiger charge is 2.04. The molecule has 0 unspecified atom stereocenters. The molecule has 4 heteroatoms. The average molecular weight is 250 g/mol. The predicted molar refractivity (Wildman–Crippen MR) is 72.8 cm³/mol. The van der Waals surface area contributed by atoms with Crippen LogP contribution < -0.4 is 15.8 Å². The van der Waals surface area contributed by atoms with Gasteiger partial charge in [-0.3, -0.25) is 4.79 Å². The maximum absolute atomic E-state index is 11.7. The Morgan fingerprint density at radius 3 is 2.56 bits per heavy atom. The molecule has 0 spiro atoms. The summed E-state index contributed by atoms with van der Waals surface area (Å²) in [6, 6.07) is 7.18. The van der Waals surface area contributed by atoms with Gasteiger partial charge in [0.15, 0.2) is 0 Å². The van der Waals surface area contributed by atoms with E-state index in [2.05, 4.69) is 19.2 Å². The van der Waals surface area contributed by atoms with Crippen molar-refractivity contribution in [3.8, 4) is 5.75 Å². The SMILES string of the molecule is CC(C)COc1ccc(C(=O)NCCCN)cc1. The van der Waals surface area contributed by atoms with Crippen LogP contribution in [0.3, 0.4) is 0 Å². The number of rotatable bonds is 7. The van der Waals surface area contributed by atoms with Crippen molar-refractivity contribution < 1.29 is 9.53 Å². The van der Waals surface area contributed by atoms with E-state index in [4.69, 9.17) is 10.5 Å². The zero-order valence-corrected chi connectivity index (χ0v) is 11.1. The highest BCUT2D eigenvalue weighted by Crippen LogP contribution is 2.13. The topological polar surface area (TPSA) is 64.3 Å². The third-order valence-electron chi connectivity index (χ3n) is 2.37. The molecule has 3 N–H and O–H groups in total. The average Bonchev–Trinajstić information content (AvgIpc) is 2.37. The number of amides is 1. The lowest BCUT2D eigenvalue weighted by molar-refractivity contribution is 0.0953. The van der Waals surface area contributed by atoms with Gasteiger partial charge in [-0.15, -0.1) is 0 Å². The lowest BCUT2D eigenvalue weighted by Crippen LogP contribution is -2.25. The van der Waals surface area contributed by atoms with E-state index in [0.717, 1.165) is 12.2 Å². The fourth-order valence-corrected chi connectivity index (χ4v) is 1.37. The summed E-state index contributed by atoms with van der Waals surface area (Å²) in [7, 11) is 0. The number of nitrogens with two attached hydrogens (primary N) is 1. The smallest absolute Gasteiger partial charge is 0.251 e. The molecule has 0 saturated heterocycles. The van der Waals surface area contributed by atoms with E-state index < -0.39 is 0 Å². The van der Waals surface area contributed by atoms with Crippen LogP contribution in [0.4, 0.5) is 0 Å². The number of benzene rings is 1. The molecular weight excluding hydrogens is 228 g/mol. The quantitative estimate of drug-likeness (QED) is 0.725. The molecule has 0 bridgehead atoms. The number of carbonyl (C=O) groups is 1. The molecule has 1 aromatic carbocycles. The molecule has 1 amide bonds. The molecule has 0 atom stereocenters. The van der Waals surface area contributed by atoms with Gasteiger partial charge in [0.25, 0.3) is 5.91 Å². The van der Waals surface area contributed by atoms with Gasteiger partial charge >= 0.3 is 0 Å². The first-order chi connectivity index (χ1) is 8.63. The van der Waals surface area contributed by atoms with Crippen molar-refractivity contribution in [1.29, 1.82) is 0 Å². The van der Waals surface area contributed by atoms with Crippen LogP contribution in [-0.2, 0) is 0 Å². The van der Waals surface area contributed by atoms with Crippen molar-refractivity contribution in [2.24, 2.45) is 11.7 Å². The van der Waals surface area contributed by atoms with E-state index in [1.165, 1.54) is 0 Å². The predicted octanol–water partition coefficient (Wildman–Crippen LogP) is 1.80. The minimum atomic E-state index is -0.0705. The van der Waals surface area contributed by atoms with E-state index in [9.17, 15) is 4.79 Å². The molecule has 18 heavy (non-hydrogen) atoms. The standard InChI is InChI=1S/C14H22N2O2/c1-11(2)10-18-13-6-4-12(5-7-13)14(17)16-9-3-8-15/h4-7,11H,3,8-10,15H2,1-2H3,(H,16,17). The van der Waals surface area contributed by atoms with Crippen molar-refractivity contribution >= 4 is 5.91 Å². The zero-order valence-electron chi connectivity index (χ0n) is 11.1. The second kappa shape index (κ2) is 7.71. The maximum Gasteiger partial charge on any atom is 0.251 e. The molecule has 0 aliphatic rings. The summed E-state index contributed by atoms with van der Waals surface area (Å²) < 4.78 is 5.55. The Kier molecular flexibility index (Phi) is 6.22. The Morgan fingerprint density at radius 1 is 1.33 bits per heavy atom. The van der Waals surface area contributed by atoms with Gasteiger partial charge in [-0.05, 0) is 43.1 Å². The molecule has 0 fully saturated rings. The first kappa shape index (κ1) is 14.5. The molecule has 1 aromatic rings. The minimum absolute atomic E-state index is 0.0705. The fourth-order valence-electron chi connectivity index (χ4n) is 1.37. The molecule has 0 radical (unpaired) electrons. The summed E-state index contributed by atoms with van der Waals surface area (Å²) in [5.41, 5.74) is 6.01. The van der Waals surface area contributed by atoms with Gasteiger partial charge in [0.05, 0.1) is 6.61 Å². The Labute approximate surface area is 109 Å². The van der Waals surface area contributed by atoms with Crippen LogP contribution in [0.1, 0.15) is 30.6 Å². The Hall–Kier alpha value is -1.55. The number of hydrogen-bond acceptors (Lipinski definition) is 3. The Bertz CT molecular complexity index is 361. The van der Waals surface area contributed by atoms with Crippen LogP contribution in [0.25, 0.3) is 0 Å². The highest BCUT2D eigenvalue weighted by molar-refractivity contribution is 5.94. The van der Waals surface area contributed by atoms with Gasteiger partial charge in [-0.1, -0.05) is 13.8 Å². The van der Waals surface area contributed by atoms with Crippen LogP contribution in [0, 0.1) is 5.92 Å². The van der Waals surface area contributed by atoms with E-state index in [1.807, 2.05) is 12.1 Å². The minimum Gasteiger partial charge on any atom is -0.493 e. The molecular formula is C14H22N2O2.